The lowest BCUT2D eigenvalue weighted by atomic mass is 10.1. The van der Waals surface area contributed by atoms with E-state index in [4.69, 9.17) is 5.73 Å². The average Bonchev–Trinajstić information content (AvgIpc) is 2.35. The monoisotopic (exact) mass is 304 g/mol. The van der Waals surface area contributed by atoms with Gasteiger partial charge < -0.3 is 5.73 Å². The highest BCUT2D eigenvalue weighted by Crippen LogP contribution is 2.16. The normalized spacial score (nSPS) is 15.2. The number of aryl methyl sites for hydroxylation is 1. The zero-order chi connectivity index (χ0) is 14.6. The van der Waals surface area contributed by atoms with Crippen molar-refractivity contribution in [3.05, 3.63) is 29.3 Å². The van der Waals surface area contributed by atoms with Crippen LogP contribution in [-0.2, 0) is 27.4 Å². The van der Waals surface area contributed by atoms with Crippen molar-refractivity contribution in [2.24, 2.45) is 5.73 Å². The van der Waals surface area contributed by atoms with Gasteiger partial charge in [-0.3, -0.25) is 4.21 Å². The van der Waals surface area contributed by atoms with Crippen molar-refractivity contribution >= 4 is 20.8 Å². The van der Waals surface area contributed by atoms with Crippen LogP contribution in [-0.4, -0.2) is 30.7 Å². The number of rotatable bonds is 6. The van der Waals surface area contributed by atoms with Crippen molar-refractivity contribution in [1.29, 1.82) is 0 Å². The molecule has 3 N–H and O–H groups in total. The minimum Gasteiger partial charge on any atom is -0.326 e. The van der Waals surface area contributed by atoms with Gasteiger partial charge in [-0.15, -0.1) is 0 Å². The first-order chi connectivity index (χ1) is 8.77. The lowest BCUT2D eigenvalue weighted by Gasteiger charge is -2.13. The van der Waals surface area contributed by atoms with Gasteiger partial charge in [0.2, 0.25) is 10.0 Å². The maximum Gasteiger partial charge on any atom is 0.240 e. The maximum absolute atomic E-state index is 12.1. The summed E-state index contributed by atoms with van der Waals surface area (Å²) in [6.45, 7) is 4.00. The molecule has 0 heterocycles. The topological polar surface area (TPSA) is 89.3 Å². The van der Waals surface area contributed by atoms with Crippen LogP contribution in [0.5, 0.6) is 0 Å². The summed E-state index contributed by atoms with van der Waals surface area (Å²) in [5.74, 6) is 0. The Morgan fingerprint density at radius 2 is 2.05 bits per heavy atom. The third-order valence-electron chi connectivity index (χ3n) is 2.89. The Labute approximate surface area is 117 Å². The van der Waals surface area contributed by atoms with Gasteiger partial charge in [0.1, 0.15) is 0 Å². The second kappa shape index (κ2) is 6.60. The van der Waals surface area contributed by atoms with E-state index < -0.39 is 20.8 Å². The third kappa shape index (κ3) is 4.38. The molecule has 0 fully saturated rings. The van der Waals surface area contributed by atoms with E-state index in [1.807, 2.05) is 0 Å². The number of nitrogens with one attached hydrogen (secondary N) is 1. The number of hydrogen-bond donors (Lipinski definition) is 2. The maximum atomic E-state index is 12.1. The van der Waals surface area contributed by atoms with Crippen LogP contribution in [0.4, 0.5) is 0 Å². The molecule has 0 aliphatic carbocycles. The van der Waals surface area contributed by atoms with E-state index >= 15 is 0 Å². The highest BCUT2D eigenvalue weighted by atomic mass is 32.2. The molecule has 2 atom stereocenters. The first kappa shape index (κ1) is 16.3. The van der Waals surface area contributed by atoms with Crippen LogP contribution >= 0.6 is 0 Å². The standard InChI is InChI=1S/C12H20N2O3S2/c1-9-6-11(7-13)4-5-12(9)19(16,17)14-8-10(2)18(3)15/h4-6,10,14H,7-8,13H2,1-3H3. The minimum atomic E-state index is -3.57. The molecule has 1 rings (SSSR count). The summed E-state index contributed by atoms with van der Waals surface area (Å²) in [6, 6.07) is 5.01. The first-order valence-electron chi connectivity index (χ1n) is 5.89. The smallest absolute Gasteiger partial charge is 0.240 e. The van der Waals surface area contributed by atoms with Gasteiger partial charge in [0.15, 0.2) is 0 Å². The Hall–Kier alpha value is -0.760. The molecule has 1 aromatic carbocycles. The van der Waals surface area contributed by atoms with Crippen molar-refractivity contribution in [1.82, 2.24) is 4.72 Å². The van der Waals surface area contributed by atoms with E-state index in [0.717, 1.165) is 5.56 Å². The molecule has 0 aliphatic rings. The number of hydrogen-bond acceptors (Lipinski definition) is 4. The van der Waals surface area contributed by atoms with Gasteiger partial charge in [-0.2, -0.15) is 0 Å². The van der Waals surface area contributed by atoms with Crippen molar-refractivity contribution < 1.29 is 12.6 Å². The molecule has 0 spiro atoms. The quantitative estimate of drug-likeness (QED) is 0.801. The molecular weight excluding hydrogens is 284 g/mol. The summed E-state index contributed by atoms with van der Waals surface area (Å²) < 4.78 is 38.0. The third-order valence-corrected chi connectivity index (χ3v) is 5.78. The van der Waals surface area contributed by atoms with E-state index in [2.05, 4.69) is 4.72 Å². The molecule has 0 bridgehead atoms. The van der Waals surface area contributed by atoms with Gasteiger partial charge >= 0.3 is 0 Å². The molecule has 19 heavy (non-hydrogen) atoms. The van der Waals surface area contributed by atoms with E-state index in [9.17, 15) is 12.6 Å². The molecule has 0 radical (unpaired) electrons. The van der Waals surface area contributed by atoms with Gasteiger partial charge in [-0.25, -0.2) is 13.1 Å². The fourth-order valence-corrected chi connectivity index (χ4v) is 3.34. The van der Waals surface area contributed by atoms with Crippen LogP contribution in [0.2, 0.25) is 0 Å². The van der Waals surface area contributed by atoms with Crippen molar-refractivity contribution in [3.8, 4) is 0 Å². The zero-order valence-electron chi connectivity index (χ0n) is 11.3. The summed E-state index contributed by atoms with van der Waals surface area (Å²) in [5, 5.41) is -0.224. The van der Waals surface area contributed by atoms with Crippen LogP contribution in [0.25, 0.3) is 0 Å². The molecule has 0 amide bonds. The van der Waals surface area contributed by atoms with E-state index in [0.29, 0.717) is 12.1 Å². The van der Waals surface area contributed by atoms with Gasteiger partial charge in [0, 0.05) is 35.4 Å². The summed E-state index contributed by atoms with van der Waals surface area (Å²) in [7, 11) is -4.63. The zero-order valence-corrected chi connectivity index (χ0v) is 13.0. The molecule has 0 aromatic heterocycles. The molecule has 5 nitrogen and oxygen atoms in total. The van der Waals surface area contributed by atoms with E-state index in [1.54, 1.807) is 38.3 Å². The highest BCUT2D eigenvalue weighted by Gasteiger charge is 2.18. The van der Waals surface area contributed by atoms with Gasteiger partial charge in [0.05, 0.1) is 4.90 Å². The lowest BCUT2D eigenvalue weighted by molar-refractivity contribution is 0.580. The van der Waals surface area contributed by atoms with Gasteiger partial charge in [-0.05, 0) is 31.0 Å². The first-order valence-corrected chi connectivity index (χ1v) is 9.00. The highest BCUT2D eigenvalue weighted by molar-refractivity contribution is 7.89. The van der Waals surface area contributed by atoms with E-state index in [-0.39, 0.29) is 16.7 Å². The van der Waals surface area contributed by atoms with Crippen LogP contribution in [0, 0.1) is 6.92 Å². The minimum absolute atomic E-state index is 0.156. The van der Waals surface area contributed by atoms with Crippen molar-refractivity contribution in [2.45, 2.75) is 30.5 Å². The second-order valence-corrected chi connectivity index (χ2v) is 8.00. The van der Waals surface area contributed by atoms with Crippen LogP contribution < -0.4 is 10.5 Å². The van der Waals surface area contributed by atoms with Crippen LogP contribution in [0.15, 0.2) is 23.1 Å². The fourth-order valence-electron chi connectivity index (χ4n) is 1.56. The molecule has 7 heteroatoms. The average molecular weight is 304 g/mol. The largest absolute Gasteiger partial charge is 0.326 e. The fraction of sp³-hybridized carbons (Fsp3) is 0.500. The molecule has 2 unspecified atom stereocenters. The SMILES string of the molecule is Cc1cc(CN)ccc1S(=O)(=O)NCC(C)S(C)=O. The van der Waals surface area contributed by atoms with Crippen molar-refractivity contribution in [3.63, 3.8) is 0 Å². The Balaban J connectivity index is 2.92. The predicted molar refractivity (Wildman–Crippen MR) is 77.8 cm³/mol. The van der Waals surface area contributed by atoms with Crippen LogP contribution in [0.3, 0.4) is 0 Å². The van der Waals surface area contributed by atoms with E-state index in [1.165, 1.54) is 0 Å². The molecule has 108 valence electrons. The summed E-state index contributed by atoms with van der Waals surface area (Å²) >= 11 is 0. The number of nitrogens with two attached hydrogens (primary N) is 1. The van der Waals surface area contributed by atoms with Gasteiger partial charge in [-0.1, -0.05) is 12.1 Å². The molecule has 1 aromatic rings. The lowest BCUT2D eigenvalue weighted by Crippen LogP contribution is -2.33. The predicted octanol–water partition coefficient (Wildman–Crippen LogP) is 0.499. The molecule has 0 aliphatic heterocycles. The van der Waals surface area contributed by atoms with Crippen LogP contribution in [0.1, 0.15) is 18.1 Å². The molecule has 0 saturated carbocycles. The number of sulfonamides is 1. The Morgan fingerprint density at radius 3 is 2.53 bits per heavy atom. The summed E-state index contributed by atoms with van der Waals surface area (Å²) in [4.78, 5) is 0.235. The summed E-state index contributed by atoms with van der Waals surface area (Å²) in [6.07, 6.45) is 1.56. The Morgan fingerprint density at radius 1 is 1.42 bits per heavy atom. The Kier molecular flexibility index (Phi) is 5.66. The summed E-state index contributed by atoms with van der Waals surface area (Å²) in [5.41, 5.74) is 7.05. The Bertz CT molecular complexity index is 570. The van der Waals surface area contributed by atoms with Gasteiger partial charge in [0.25, 0.3) is 0 Å². The molecule has 0 saturated heterocycles. The second-order valence-electron chi connectivity index (χ2n) is 4.47. The number of benzene rings is 1. The van der Waals surface area contributed by atoms with Crippen molar-refractivity contribution in [2.75, 3.05) is 12.8 Å². The molecular formula is C12H20N2O3S2.